The zero-order valence-electron chi connectivity index (χ0n) is 14.1. The molecule has 0 saturated heterocycles. The van der Waals surface area contributed by atoms with E-state index in [0.717, 1.165) is 5.56 Å². The number of hydrogen-bond acceptors (Lipinski definition) is 3. The number of ketones is 1. The van der Waals surface area contributed by atoms with Gasteiger partial charge in [0.15, 0.2) is 5.78 Å². The number of rotatable bonds is 7. The van der Waals surface area contributed by atoms with Gasteiger partial charge < -0.3 is 0 Å². The molecule has 0 aliphatic rings. The van der Waals surface area contributed by atoms with E-state index in [0.29, 0.717) is 23.7 Å². The Morgan fingerprint density at radius 1 is 1.08 bits per heavy atom. The van der Waals surface area contributed by atoms with Crippen LogP contribution in [0.1, 0.15) is 29.8 Å². The molecule has 0 fully saturated rings. The van der Waals surface area contributed by atoms with E-state index in [9.17, 15) is 13.2 Å². The van der Waals surface area contributed by atoms with Crippen molar-refractivity contribution in [1.82, 2.24) is 4.31 Å². The van der Waals surface area contributed by atoms with Crippen LogP contribution in [0.4, 0.5) is 0 Å². The van der Waals surface area contributed by atoms with Crippen LogP contribution < -0.4 is 0 Å². The highest BCUT2D eigenvalue weighted by Gasteiger charge is 2.21. The third-order valence-corrected chi connectivity index (χ3v) is 6.06. The topological polar surface area (TPSA) is 54.5 Å². The lowest BCUT2D eigenvalue weighted by molar-refractivity contribution is 0.104. The first-order chi connectivity index (χ1) is 11.9. The number of carbonyl (C=O) groups is 1. The molecule has 0 saturated carbocycles. The fourth-order valence-electron chi connectivity index (χ4n) is 2.38. The Kier molecular flexibility index (Phi) is 6.53. The Labute approximate surface area is 153 Å². The van der Waals surface area contributed by atoms with Crippen molar-refractivity contribution in [2.75, 3.05) is 13.1 Å². The fourth-order valence-corrected chi connectivity index (χ4v) is 4.04. The normalized spacial score (nSPS) is 12.0. The van der Waals surface area contributed by atoms with Gasteiger partial charge in [0.05, 0.1) is 4.90 Å². The second-order valence-electron chi connectivity index (χ2n) is 5.37. The number of benzene rings is 2. The van der Waals surface area contributed by atoms with Crippen LogP contribution in [0.3, 0.4) is 0 Å². The molecule has 0 N–H and O–H groups in total. The summed E-state index contributed by atoms with van der Waals surface area (Å²) in [4.78, 5) is 12.4. The standard InChI is InChI=1S/C19H20ClNO3S/c1-3-21(4-2)25(23,24)18-11-9-16(10-12-18)19(22)13-8-15-6-5-7-17(20)14-15/h5-14H,3-4H2,1-2H3. The van der Waals surface area contributed by atoms with Crippen molar-refractivity contribution in [2.45, 2.75) is 18.7 Å². The Hall–Kier alpha value is -1.95. The smallest absolute Gasteiger partial charge is 0.243 e. The van der Waals surface area contributed by atoms with Crippen LogP contribution >= 0.6 is 11.6 Å². The largest absolute Gasteiger partial charge is 0.289 e. The van der Waals surface area contributed by atoms with Crippen LogP contribution in [0.5, 0.6) is 0 Å². The van der Waals surface area contributed by atoms with Crippen LogP contribution in [0.25, 0.3) is 6.08 Å². The number of hydrogen-bond donors (Lipinski definition) is 0. The average Bonchev–Trinajstić information content (AvgIpc) is 2.60. The van der Waals surface area contributed by atoms with E-state index >= 15 is 0 Å². The fraction of sp³-hybridized carbons (Fsp3) is 0.211. The van der Waals surface area contributed by atoms with E-state index in [1.807, 2.05) is 6.07 Å². The van der Waals surface area contributed by atoms with Gasteiger partial charge in [-0.15, -0.1) is 0 Å². The lowest BCUT2D eigenvalue weighted by Crippen LogP contribution is -2.30. The second-order valence-corrected chi connectivity index (χ2v) is 7.74. The summed E-state index contributed by atoms with van der Waals surface area (Å²) in [5.41, 5.74) is 1.25. The maximum absolute atomic E-state index is 12.4. The zero-order valence-corrected chi connectivity index (χ0v) is 15.7. The summed E-state index contributed by atoms with van der Waals surface area (Å²) in [5.74, 6) is -0.202. The van der Waals surface area contributed by atoms with Crippen molar-refractivity contribution in [3.05, 3.63) is 70.8 Å². The molecule has 0 spiro atoms. The summed E-state index contributed by atoms with van der Waals surface area (Å²) in [7, 11) is -3.51. The van der Waals surface area contributed by atoms with E-state index in [1.54, 1.807) is 38.1 Å². The van der Waals surface area contributed by atoms with Gasteiger partial charge in [-0.3, -0.25) is 4.79 Å². The molecule has 0 atom stereocenters. The number of allylic oxidation sites excluding steroid dienone is 1. The molecule has 0 heterocycles. The van der Waals surface area contributed by atoms with Gasteiger partial charge >= 0.3 is 0 Å². The van der Waals surface area contributed by atoms with Gasteiger partial charge in [-0.25, -0.2) is 8.42 Å². The number of nitrogens with zero attached hydrogens (tertiary/aromatic N) is 1. The van der Waals surface area contributed by atoms with Gasteiger partial charge in [0, 0.05) is 23.7 Å². The molecule has 2 rings (SSSR count). The molecule has 0 amide bonds. The first kappa shape index (κ1) is 19.4. The molecule has 0 radical (unpaired) electrons. The van der Waals surface area contributed by atoms with E-state index < -0.39 is 10.0 Å². The SMILES string of the molecule is CCN(CC)S(=O)(=O)c1ccc(C(=O)C=Cc2cccc(Cl)c2)cc1. The van der Waals surface area contributed by atoms with Crippen molar-refractivity contribution in [3.63, 3.8) is 0 Å². The Bertz CT molecular complexity index is 870. The van der Waals surface area contributed by atoms with Crippen molar-refractivity contribution in [1.29, 1.82) is 0 Å². The molecule has 6 heteroatoms. The molecule has 25 heavy (non-hydrogen) atoms. The van der Waals surface area contributed by atoms with Crippen LogP contribution in [0.15, 0.2) is 59.5 Å². The molecule has 0 aliphatic carbocycles. The van der Waals surface area contributed by atoms with E-state index in [-0.39, 0.29) is 10.7 Å². The van der Waals surface area contributed by atoms with E-state index in [2.05, 4.69) is 0 Å². The summed E-state index contributed by atoms with van der Waals surface area (Å²) in [6, 6.07) is 13.2. The van der Waals surface area contributed by atoms with Gasteiger partial charge in [0.1, 0.15) is 0 Å². The monoisotopic (exact) mass is 377 g/mol. The maximum Gasteiger partial charge on any atom is 0.243 e. The third-order valence-electron chi connectivity index (χ3n) is 3.76. The first-order valence-corrected chi connectivity index (χ1v) is 9.78. The number of carbonyl (C=O) groups excluding carboxylic acids is 1. The number of halogens is 1. The zero-order chi connectivity index (χ0) is 18.4. The number of sulfonamides is 1. The van der Waals surface area contributed by atoms with Crippen molar-refractivity contribution in [3.8, 4) is 0 Å². The third kappa shape index (κ3) is 4.78. The highest BCUT2D eigenvalue weighted by molar-refractivity contribution is 7.89. The summed E-state index contributed by atoms with van der Waals surface area (Å²) < 4.78 is 26.2. The predicted molar refractivity (Wildman–Crippen MR) is 101 cm³/mol. The summed E-state index contributed by atoms with van der Waals surface area (Å²) in [6.45, 7) is 4.39. The Morgan fingerprint density at radius 3 is 2.28 bits per heavy atom. The van der Waals surface area contributed by atoms with Crippen LogP contribution in [-0.4, -0.2) is 31.6 Å². The maximum atomic E-state index is 12.4. The first-order valence-electron chi connectivity index (χ1n) is 7.96. The minimum absolute atomic E-state index is 0.187. The Morgan fingerprint density at radius 2 is 1.72 bits per heavy atom. The quantitative estimate of drug-likeness (QED) is 0.535. The summed E-state index contributed by atoms with van der Waals surface area (Å²) >= 11 is 5.91. The molecule has 0 bridgehead atoms. The highest BCUT2D eigenvalue weighted by Crippen LogP contribution is 2.17. The van der Waals surface area contributed by atoms with E-state index in [1.165, 1.54) is 34.6 Å². The highest BCUT2D eigenvalue weighted by atomic mass is 35.5. The molecule has 0 unspecified atom stereocenters. The van der Waals surface area contributed by atoms with Crippen LogP contribution in [-0.2, 0) is 10.0 Å². The van der Waals surface area contributed by atoms with Crippen molar-refractivity contribution >= 4 is 33.5 Å². The second kappa shape index (κ2) is 8.43. The van der Waals surface area contributed by atoms with Crippen LogP contribution in [0, 0.1) is 0 Å². The van der Waals surface area contributed by atoms with Gasteiger partial charge in [-0.1, -0.05) is 43.7 Å². The summed E-state index contributed by atoms with van der Waals surface area (Å²) in [6.07, 6.45) is 3.12. The lowest BCUT2D eigenvalue weighted by atomic mass is 10.1. The molecule has 4 nitrogen and oxygen atoms in total. The molecular weight excluding hydrogens is 358 g/mol. The minimum atomic E-state index is -3.51. The Balaban J connectivity index is 2.18. The van der Waals surface area contributed by atoms with Crippen molar-refractivity contribution < 1.29 is 13.2 Å². The molecule has 2 aromatic carbocycles. The molecular formula is C19H20ClNO3S. The van der Waals surface area contributed by atoms with Gasteiger partial charge in [-0.05, 0) is 48.0 Å². The summed E-state index contributed by atoms with van der Waals surface area (Å²) in [5, 5.41) is 0.598. The molecule has 0 aromatic heterocycles. The molecule has 2 aromatic rings. The minimum Gasteiger partial charge on any atom is -0.289 e. The van der Waals surface area contributed by atoms with Gasteiger partial charge in [0.25, 0.3) is 0 Å². The predicted octanol–water partition coefficient (Wildman–Crippen LogP) is 4.27. The molecule has 0 aliphatic heterocycles. The lowest BCUT2D eigenvalue weighted by Gasteiger charge is -2.18. The van der Waals surface area contributed by atoms with Crippen molar-refractivity contribution in [2.24, 2.45) is 0 Å². The van der Waals surface area contributed by atoms with Crippen LogP contribution in [0.2, 0.25) is 5.02 Å². The van der Waals surface area contributed by atoms with Gasteiger partial charge in [-0.2, -0.15) is 4.31 Å². The van der Waals surface area contributed by atoms with Gasteiger partial charge in [0.2, 0.25) is 10.0 Å². The average molecular weight is 378 g/mol. The van der Waals surface area contributed by atoms with E-state index in [4.69, 9.17) is 11.6 Å². The molecule has 132 valence electrons.